The first-order valence-corrected chi connectivity index (χ1v) is 8.17. The fraction of sp³-hybridized carbons (Fsp3) is 0.250. The summed E-state index contributed by atoms with van der Waals surface area (Å²) in [4.78, 5) is 0.250. The van der Waals surface area contributed by atoms with Gasteiger partial charge in [-0.1, -0.05) is 29.8 Å². The van der Waals surface area contributed by atoms with Crippen LogP contribution in [-0.2, 0) is 10.0 Å². The zero-order chi connectivity index (χ0) is 15.6. The molecule has 0 saturated heterocycles. The molecule has 2 aromatic rings. The SMILES string of the molecule is Cc1ccc(N(C)S(=O)(=O)c2cccc(C(C)N)c2)cc1. The molecule has 0 spiro atoms. The number of hydrogen-bond acceptors (Lipinski definition) is 3. The standard InChI is InChI=1S/C16H20N2O2S/c1-12-7-9-15(10-8-12)18(3)21(19,20)16-6-4-5-14(11-16)13(2)17/h4-11,13H,17H2,1-3H3. The Morgan fingerprint density at radius 3 is 2.29 bits per heavy atom. The molecule has 2 rings (SSSR count). The topological polar surface area (TPSA) is 63.4 Å². The summed E-state index contributed by atoms with van der Waals surface area (Å²) in [6, 6.07) is 13.9. The Bertz CT molecular complexity index is 722. The Balaban J connectivity index is 2.41. The molecule has 0 heterocycles. The summed E-state index contributed by atoms with van der Waals surface area (Å²) in [5, 5.41) is 0. The molecule has 4 nitrogen and oxygen atoms in total. The van der Waals surface area contributed by atoms with Crippen LogP contribution in [0.25, 0.3) is 0 Å². The van der Waals surface area contributed by atoms with Gasteiger partial charge in [-0.3, -0.25) is 4.31 Å². The lowest BCUT2D eigenvalue weighted by molar-refractivity contribution is 0.594. The van der Waals surface area contributed by atoms with Crippen molar-refractivity contribution in [3.05, 3.63) is 59.7 Å². The maximum absolute atomic E-state index is 12.7. The second-order valence-corrected chi connectivity index (χ2v) is 7.14. The van der Waals surface area contributed by atoms with Crippen molar-refractivity contribution in [3.8, 4) is 0 Å². The van der Waals surface area contributed by atoms with Crippen molar-refractivity contribution in [1.82, 2.24) is 0 Å². The van der Waals surface area contributed by atoms with Gasteiger partial charge in [0.1, 0.15) is 0 Å². The minimum absolute atomic E-state index is 0.204. The third-order valence-electron chi connectivity index (χ3n) is 3.44. The van der Waals surface area contributed by atoms with Crippen LogP contribution >= 0.6 is 0 Å². The van der Waals surface area contributed by atoms with Crippen LogP contribution in [-0.4, -0.2) is 15.5 Å². The van der Waals surface area contributed by atoms with Gasteiger partial charge in [0.25, 0.3) is 10.0 Å². The Labute approximate surface area is 126 Å². The number of rotatable bonds is 4. The molecule has 1 atom stereocenters. The van der Waals surface area contributed by atoms with E-state index in [1.165, 1.54) is 4.31 Å². The van der Waals surface area contributed by atoms with Gasteiger partial charge in [-0.15, -0.1) is 0 Å². The summed E-state index contributed by atoms with van der Waals surface area (Å²) >= 11 is 0. The molecule has 2 aromatic carbocycles. The molecule has 0 aliphatic carbocycles. The molecule has 0 aliphatic heterocycles. The van der Waals surface area contributed by atoms with E-state index in [1.54, 1.807) is 37.4 Å². The lowest BCUT2D eigenvalue weighted by Crippen LogP contribution is -2.26. The lowest BCUT2D eigenvalue weighted by Gasteiger charge is -2.20. The van der Waals surface area contributed by atoms with E-state index in [2.05, 4.69) is 0 Å². The molecule has 0 amide bonds. The molecule has 0 aromatic heterocycles. The highest BCUT2D eigenvalue weighted by Crippen LogP contribution is 2.24. The van der Waals surface area contributed by atoms with Gasteiger partial charge < -0.3 is 5.73 Å². The van der Waals surface area contributed by atoms with Gasteiger partial charge in [0, 0.05) is 13.1 Å². The van der Waals surface area contributed by atoms with Gasteiger partial charge in [-0.05, 0) is 43.7 Å². The van der Waals surface area contributed by atoms with E-state index in [4.69, 9.17) is 5.73 Å². The number of sulfonamides is 1. The Morgan fingerprint density at radius 1 is 1.10 bits per heavy atom. The summed E-state index contributed by atoms with van der Waals surface area (Å²) in [5.74, 6) is 0. The molecular weight excluding hydrogens is 284 g/mol. The molecule has 21 heavy (non-hydrogen) atoms. The number of benzene rings is 2. The van der Waals surface area contributed by atoms with Crippen LogP contribution < -0.4 is 10.0 Å². The van der Waals surface area contributed by atoms with E-state index < -0.39 is 10.0 Å². The molecule has 0 aliphatic rings. The van der Waals surface area contributed by atoms with E-state index in [0.29, 0.717) is 5.69 Å². The smallest absolute Gasteiger partial charge is 0.264 e. The molecule has 0 bridgehead atoms. The molecule has 5 heteroatoms. The maximum Gasteiger partial charge on any atom is 0.264 e. The van der Waals surface area contributed by atoms with Crippen LogP contribution in [0.4, 0.5) is 5.69 Å². The predicted octanol–water partition coefficient (Wildman–Crippen LogP) is 2.84. The van der Waals surface area contributed by atoms with E-state index >= 15 is 0 Å². The second-order valence-electron chi connectivity index (χ2n) is 5.17. The van der Waals surface area contributed by atoms with Gasteiger partial charge in [-0.25, -0.2) is 8.42 Å². The van der Waals surface area contributed by atoms with Crippen LogP contribution in [0.1, 0.15) is 24.1 Å². The van der Waals surface area contributed by atoms with E-state index in [0.717, 1.165) is 11.1 Å². The number of nitrogens with two attached hydrogens (primary N) is 1. The number of nitrogens with zero attached hydrogens (tertiary/aromatic N) is 1. The molecule has 0 fully saturated rings. The normalized spacial score (nSPS) is 13.0. The molecule has 0 radical (unpaired) electrons. The van der Waals surface area contributed by atoms with Crippen molar-refractivity contribution in [1.29, 1.82) is 0 Å². The fourth-order valence-electron chi connectivity index (χ4n) is 2.01. The van der Waals surface area contributed by atoms with Crippen molar-refractivity contribution in [2.24, 2.45) is 5.73 Å². The van der Waals surface area contributed by atoms with Crippen molar-refractivity contribution in [2.75, 3.05) is 11.4 Å². The van der Waals surface area contributed by atoms with E-state index in [1.807, 2.05) is 32.0 Å². The maximum atomic E-state index is 12.7. The first-order valence-electron chi connectivity index (χ1n) is 6.73. The predicted molar refractivity (Wildman–Crippen MR) is 85.8 cm³/mol. The average molecular weight is 304 g/mol. The lowest BCUT2D eigenvalue weighted by atomic mass is 10.1. The number of hydrogen-bond donors (Lipinski definition) is 1. The third-order valence-corrected chi connectivity index (χ3v) is 5.22. The van der Waals surface area contributed by atoms with Crippen molar-refractivity contribution in [3.63, 3.8) is 0 Å². The van der Waals surface area contributed by atoms with Crippen LogP contribution in [0, 0.1) is 6.92 Å². The zero-order valence-corrected chi connectivity index (χ0v) is 13.3. The van der Waals surface area contributed by atoms with Gasteiger partial charge in [0.2, 0.25) is 0 Å². The first-order chi connectivity index (χ1) is 9.82. The summed E-state index contributed by atoms with van der Waals surface area (Å²) in [7, 11) is -2.03. The van der Waals surface area contributed by atoms with Gasteiger partial charge in [0.05, 0.1) is 10.6 Å². The van der Waals surface area contributed by atoms with Crippen LogP contribution in [0.15, 0.2) is 53.4 Å². The molecule has 2 N–H and O–H groups in total. The summed E-state index contributed by atoms with van der Waals surface area (Å²) in [6.07, 6.45) is 0. The van der Waals surface area contributed by atoms with Crippen LogP contribution in [0.3, 0.4) is 0 Å². The van der Waals surface area contributed by atoms with Gasteiger partial charge in [-0.2, -0.15) is 0 Å². The highest BCUT2D eigenvalue weighted by atomic mass is 32.2. The third kappa shape index (κ3) is 3.25. The first kappa shape index (κ1) is 15.5. The quantitative estimate of drug-likeness (QED) is 0.944. The highest BCUT2D eigenvalue weighted by molar-refractivity contribution is 7.92. The van der Waals surface area contributed by atoms with Gasteiger partial charge >= 0.3 is 0 Å². The number of anilines is 1. The summed E-state index contributed by atoms with van der Waals surface area (Å²) in [5.41, 5.74) is 8.34. The minimum Gasteiger partial charge on any atom is -0.324 e. The Hall–Kier alpha value is -1.85. The monoisotopic (exact) mass is 304 g/mol. The van der Waals surface area contributed by atoms with Crippen LogP contribution in [0.2, 0.25) is 0 Å². The fourth-order valence-corrected chi connectivity index (χ4v) is 3.26. The largest absolute Gasteiger partial charge is 0.324 e. The van der Waals surface area contributed by atoms with Crippen molar-refractivity contribution in [2.45, 2.75) is 24.8 Å². The van der Waals surface area contributed by atoms with E-state index in [-0.39, 0.29) is 10.9 Å². The summed E-state index contributed by atoms with van der Waals surface area (Å²) < 4.78 is 26.6. The second kappa shape index (κ2) is 5.87. The Morgan fingerprint density at radius 2 is 1.71 bits per heavy atom. The molecular formula is C16H20N2O2S. The average Bonchev–Trinajstić information content (AvgIpc) is 2.47. The van der Waals surface area contributed by atoms with Crippen LogP contribution in [0.5, 0.6) is 0 Å². The van der Waals surface area contributed by atoms with Crippen molar-refractivity contribution >= 4 is 15.7 Å². The molecule has 0 saturated carbocycles. The van der Waals surface area contributed by atoms with E-state index in [9.17, 15) is 8.42 Å². The Kier molecular flexibility index (Phi) is 4.34. The number of aryl methyl sites for hydroxylation is 1. The summed E-state index contributed by atoms with van der Waals surface area (Å²) in [6.45, 7) is 3.79. The minimum atomic E-state index is -3.58. The zero-order valence-electron chi connectivity index (χ0n) is 12.4. The molecule has 1 unspecified atom stereocenters. The molecule has 112 valence electrons. The van der Waals surface area contributed by atoms with Gasteiger partial charge in [0.15, 0.2) is 0 Å². The van der Waals surface area contributed by atoms with Crippen molar-refractivity contribution < 1.29 is 8.42 Å². The highest BCUT2D eigenvalue weighted by Gasteiger charge is 2.21.